The lowest BCUT2D eigenvalue weighted by Gasteiger charge is -2.38. The summed E-state index contributed by atoms with van der Waals surface area (Å²) in [6.45, 7) is 2.59. The maximum atomic E-state index is 11.5. The van der Waals surface area contributed by atoms with Crippen molar-refractivity contribution in [3.63, 3.8) is 0 Å². The maximum absolute atomic E-state index is 11.5. The first-order chi connectivity index (χ1) is 9.11. The number of nitrogens with zero attached hydrogens (tertiary/aromatic N) is 5. The van der Waals surface area contributed by atoms with Crippen molar-refractivity contribution in [3.8, 4) is 0 Å². The van der Waals surface area contributed by atoms with Gasteiger partial charge >= 0.3 is 0 Å². The lowest BCUT2D eigenvalue weighted by molar-refractivity contribution is 0.0894. The van der Waals surface area contributed by atoms with E-state index in [1.54, 1.807) is 25.6 Å². The summed E-state index contributed by atoms with van der Waals surface area (Å²) >= 11 is 3.39. The second-order valence-corrected chi connectivity index (χ2v) is 5.73. The Labute approximate surface area is 118 Å². The van der Waals surface area contributed by atoms with Crippen molar-refractivity contribution in [2.24, 2.45) is 7.05 Å². The van der Waals surface area contributed by atoms with Crippen LogP contribution in [0.25, 0.3) is 0 Å². The highest BCUT2D eigenvalue weighted by molar-refractivity contribution is 9.10. The molecule has 1 fully saturated rings. The van der Waals surface area contributed by atoms with Crippen LogP contribution in [-0.4, -0.2) is 37.3 Å². The van der Waals surface area contributed by atoms with E-state index in [9.17, 15) is 4.79 Å². The summed E-state index contributed by atoms with van der Waals surface area (Å²) in [6, 6.07) is 2.01. The Hall–Kier alpha value is -1.47. The van der Waals surface area contributed by atoms with Crippen molar-refractivity contribution in [3.05, 3.63) is 45.3 Å². The van der Waals surface area contributed by atoms with E-state index >= 15 is 0 Å². The second kappa shape index (κ2) is 4.90. The number of likely N-dealkylation sites (tertiary alicyclic amines) is 1. The maximum Gasteiger partial charge on any atom is 0.253 e. The van der Waals surface area contributed by atoms with Crippen LogP contribution in [0.3, 0.4) is 0 Å². The van der Waals surface area contributed by atoms with Gasteiger partial charge in [0.2, 0.25) is 0 Å². The van der Waals surface area contributed by atoms with Crippen LogP contribution in [0.1, 0.15) is 11.7 Å². The molecule has 100 valence electrons. The predicted octanol–water partition coefficient (Wildman–Crippen LogP) is 0.796. The van der Waals surface area contributed by atoms with Crippen LogP contribution in [0.2, 0.25) is 0 Å². The zero-order valence-corrected chi connectivity index (χ0v) is 12.1. The molecule has 7 heteroatoms. The quantitative estimate of drug-likeness (QED) is 0.838. The van der Waals surface area contributed by atoms with Crippen molar-refractivity contribution >= 4 is 15.9 Å². The number of halogens is 1. The highest BCUT2D eigenvalue weighted by atomic mass is 79.9. The van der Waals surface area contributed by atoms with Gasteiger partial charge in [-0.2, -0.15) is 5.10 Å². The molecule has 0 aliphatic carbocycles. The summed E-state index contributed by atoms with van der Waals surface area (Å²) in [5.41, 5.74) is 0.807. The molecule has 1 aliphatic rings. The average Bonchev–Trinajstić information content (AvgIpc) is 2.74. The topological polar surface area (TPSA) is 56.0 Å². The molecule has 0 atom stereocenters. The van der Waals surface area contributed by atoms with Crippen molar-refractivity contribution in [1.82, 2.24) is 24.2 Å². The molecular formula is C12H14BrN5O. The molecule has 2 aromatic heterocycles. The molecular weight excluding hydrogens is 310 g/mol. The van der Waals surface area contributed by atoms with Crippen LogP contribution in [-0.2, 0) is 13.6 Å². The van der Waals surface area contributed by atoms with E-state index in [1.807, 2.05) is 10.9 Å². The van der Waals surface area contributed by atoms with E-state index in [4.69, 9.17) is 0 Å². The SMILES string of the molecule is Cn1cnc(CN2CC(n3cc(Br)cn3)C2)cc1=O. The molecule has 0 aromatic carbocycles. The van der Waals surface area contributed by atoms with Crippen LogP contribution in [0.4, 0.5) is 0 Å². The standard InChI is InChI=1S/C12H14BrN5O/c1-16-8-14-10(2-12(16)19)5-17-6-11(7-17)18-4-9(13)3-15-18/h2-4,8,11H,5-7H2,1H3. The van der Waals surface area contributed by atoms with Gasteiger partial charge < -0.3 is 4.57 Å². The van der Waals surface area contributed by atoms with E-state index in [0.29, 0.717) is 6.04 Å². The smallest absolute Gasteiger partial charge is 0.253 e. The monoisotopic (exact) mass is 323 g/mol. The van der Waals surface area contributed by atoms with Crippen LogP contribution in [0, 0.1) is 0 Å². The summed E-state index contributed by atoms with van der Waals surface area (Å²) in [4.78, 5) is 18.0. The first kappa shape index (κ1) is 12.6. The van der Waals surface area contributed by atoms with Gasteiger partial charge in [0.15, 0.2) is 0 Å². The van der Waals surface area contributed by atoms with Gasteiger partial charge in [-0.1, -0.05) is 0 Å². The molecule has 3 rings (SSSR count). The van der Waals surface area contributed by atoms with Crippen LogP contribution >= 0.6 is 15.9 Å². The Bertz CT molecular complexity index is 644. The molecule has 0 amide bonds. The minimum Gasteiger partial charge on any atom is -0.302 e. The van der Waals surface area contributed by atoms with E-state index in [0.717, 1.165) is 29.8 Å². The second-order valence-electron chi connectivity index (χ2n) is 4.82. The third-order valence-corrected chi connectivity index (χ3v) is 3.71. The van der Waals surface area contributed by atoms with Gasteiger partial charge in [-0.25, -0.2) is 4.98 Å². The summed E-state index contributed by atoms with van der Waals surface area (Å²) < 4.78 is 4.45. The molecule has 0 radical (unpaired) electrons. The fourth-order valence-electron chi connectivity index (χ4n) is 2.17. The highest BCUT2D eigenvalue weighted by Gasteiger charge is 2.28. The number of hydrogen-bond donors (Lipinski definition) is 0. The zero-order chi connectivity index (χ0) is 13.4. The first-order valence-corrected chi connectivity index (χ1v) is 6.84. The van der Waals surface area contributed by atoms with Gasteiger partial charge in [-0.05, 0) is 15.9 Å². The Morgan fingerprint density at radius 1 is 1.47 bits per heavy atom. The lowest BCUT2D eigenvalue weighted by atomic mass is 10.1. The number of aromatic nitrogens is 4. The zero-order valence-electron chi connectivity index (χ0n) is 10.5. The molecule has 19 heavy (non-hydrogen) atoms. The largest absolute Gasteiger partial charge is 0.302 e. The fraction of sp³-hybridized carbons (Fsp3) is 0.417. The molecule has 3 heterocycles. The molecule has 0 N–H and O–H groups in total. The number of aryl methyl sites for hydroxylation is 1. The van der Waals surface area contributed by atoms with Gasteiger partial charge in [-0.3, -0.25) is 14.4 Å². The Morgan fingerprint density at radius 2 is 2.26 bits per heavy atom. The van der Waals surface area contributed by atoms with Gasteiger partial charge in [0.05, 0.1) is 28.7 Å². The molecule has 1 aliphatic heterocycles. The summed E-state index contributed by atoms with van der Waals surface area (Å²) in [5, 5.41) is 4.28. The van der Waals surface area contributed by atoms with Gasteiger partial charge in [0.1, 0.15) is 0 Å². The molecule has 0 saturated carbocycles. The number of hydrogen-bond acceptors (Lipinski definition) is 4. The molecule has 0 bridgehead atoms. The third-order valence-electron chi connectivity index (χ3n) is 3.30. The normalized spacial score (nSPS) is 16.5. The Balaban J connectivity index is 1.59. The first-order valence-electron chi connectivity index (χ1n) is 6.05. The molecule has 2 aromatic rings. The highest BCUT2D eigenvalue weighted by Crippen LogP contribution is 2.23. The summed E-state index contributed by atoms with van der Waals surface area (Å²) in [6.07, 6.45) is 5.35. The van der Waals surface area contributed by atoms with Crippen molar-refractivity contribution in [2.45, 2.75) is 12.6 Å². The molecule has 0 unspecified atom stereocenters. The van der Waals surface area contributed by atoms with Crippen molar-refractivity contribution < 1.29 is 0 Å². The lowest BCUT2D eigenvalue weighted by Crippen LogP contribution is -2.47. The average molecular weight is 324 g/mol. The number of rotatable bonds is 3. The molecule has 6 nitrogen and oxygen atoms in total. The van der Waals surface area contributed by atoms with Crippen LogP contribution < -0.4 is 5.56 Å². The van der Waals surface area contributed by atoms with Gasteiger partial charge in [-0.15, -0.1) is 0 Å². The predicted molar refractivity (Wildman–Crippen MR) is 73.7 cm³/mol. The third kappa shape index (κ3) is 2.62. The summed E-state index contributed by atoms with van der Waals surface area (Å²) in [5.74, 6) is 0. The van der Waals surface area contributed by atoms with Crippen LogP contribution in [0.5, 0.6) is 0 Å². The van der Waals surface area contributed by atoms with Crippen molar-refractivity contribution in [2.75, 3.05) is 13.1 Å². The molecule has 0 spiro atoms. The van der Waals surface area contributed by atoms with E-state index in [-0.39, 0.29) is 5.56 Å². The summed E-state index contributed by atoms with van der Waals surface area (Å²) in [7, 11) is 1.70. The minimum atomic E-state index is -0.0157. The van der Waals surface area contributed by atoms with E-state index in [2.05, 4.69) is 30.9 Å². The van der Waals surface area contributed by atoms with Crippen LogP contribution in [0.15, 0.2) is 34.1 Å². The van der Waals surface area contributed by atoms with E-state index < -0.39 is 0 Å². The fourth-order valence-corrected chi connectivity index (χ4v) is 2.47. The Kier molecular flexibility index (Phi) is 3.24. The van der Waals surface area contributed by atoms with Gasteiger partial charge in [0.25, 0.3) is 5.56 Å². The Morgan fingerprint density at radius 3 is 2.89 bits per heavy atom. The minimum absolute atomic E-state index is 0.0157. The van der Waals surface area contributed by atoms with E-state index in [1.165, 1.54) is 4.57 Å². The van der Waals surface area contributed by atoms with Gasteiger partial charge in [0, 0.05) is 38.9 Å². The van der Waals surface area contributed by atoms with Crippen molar-refractivity contribution in [1.29, 1.82) is 0 Å². The molecule has 1 saturated heterocycles.